The number of carbonyl (C=O) groups is 2. The van der Waals surface area contributed by atoms with Gasteiger partial charge in [-0.25, -0.2) is 0 Å². The Labute approximate surface area is 217 Å². The molecular weight excluding hydrogens is 435 g/mol. The fraction of sp³-hybridized carbons (Fsp3) is 0.440. The van der Waals surface area contributed by atoms with E-state index in [-0.39, 0.29) is 53.1 Å². The monoisotopic (exact) mass is 468 g/mol. The van der Waals surface area contributed by atoms with E-state index in [0.29, 0.717) is 36.1 Å². The molecule has 0 saturated heterocycles. The number of hydrogen-bond donors (Lipinski definition) is 3. The normalized spacial score (nSPS) is 14.5. The van der Waals surface area contributed by atoms with Gasteiger partial charge in [0.1, 0.15) is 11.5 Å². The van der Waals surface area contributed by atoms with E-state index in [1.165, 1.54) is 13.0 Å². The number of rotatable bonds is 12. The number of carboxylic acids is 1. The summed E-state index contributed by atoms with van der Waals surface area (Å²) in [5.41, 5.74) is 1.12. The van der Waals surface area contributed by atoms with Crippen molar-refractivity contribution < 1.29 is 34.4 Å². The molecule has 0 aromatic heterocycles. The van der Waals surface area contributed by atoms with Gasteiger partial charge in [0.2, 0.25) is 6.29 Å². The summed E-state index contributed by atoms with van der Waals surface area (Å²) in [6.07, 6.45) is 0.297. The van der Waals surface area contributed by atoms with Crippen LogP contribution >= 0.6 is 0 Å². The molecule has 0 amide bonds. The van der Waals surface area contributed by atoms with Crippen LogP contribution in [0, 0.1) is 5.92 Å². The predicted octanol–water partition coefficient (Wildman–Crippen LogP) is 3.99. The molecule has 0 fully saturated rings. The number of ether oxygens (including phenoxy) is 2. The van der Waals surface area contributed by atoms with E-state index in [4.69, 9.17) is 9.47 Å². The van der Waals surface area contributed by atoms with Crippen molar-refractivity contribution in [3.8, 4) is 11.5 Å². The average molecular weight is 469 g/mol. The first-order valence-electron chi connectivity index (χ1n) is 10.8. The molecule has 0 aliphatic rings. The van der Waals surface area contributed by atoms with Crippen LogP contribution < -0.4 is 4.74 Å². The second kappa shape index (κ2) is 13.1. The van der Waals surface area contributed by atoms with Gasteiger partial charge in [-0.15, -0.1) is 0 Å². The van der Waals surface area contributed by atoms with Crippen molar-refractivity contribution in [1.29, 1.82) is 0 Å². The van der Waals surface area contributed by atoms with Gasteiger partial charge in [-0.2, -0.15) is 0 Å². The van der Waals surface area contributed by atoms with E-state index in [1.807, 2.05) is 6.92 Å². The van der Waals surface area contributed by atoms with E-state index in [0.717, 1.165) is 0 Å². The van der Waals surface area contributed by atoms with Crippen molar-refractivity contribution in [2.24, 2.45) is 5.92 Å². The first-order valence-corrected chi connectivity index (χ1v) is 10.8. The quantitative estimate of drug-likeness (QED) is 0.245. The Morgan fingerprint density at radius 2 is 1.73 bits per heavy atom. The van der Waals surface area contributed by atoms with Crippen LogP contribution in [0.25, 0.3) is 0 Å². The van der Waals surface area contributed by atoms with Crippen LogP contribution in [0.2, 0.25) is 0 Å². The van der Waals surface area contributed by atoms with Gasteiger partial charge in [-0.3, -0.25) is 9.59 Å². The summed E-state index contributed by atoms with van der Waals surface area (Å²) in [5, 5.41) is 31.3. The third-order valence-corrected chi connectivity index (χ3v) is 5.36. The first kappa shape index (κ1) is 29.1. The van der Waals surface area contributed by atoms with Crippen LogP contribution in [0.15, 0.2) is 42.5 Å². The second-order valence-electron chi connectivity index (χ2n) is 7.88. The predicted molar refractivity (Wildman–Crippen MR) is 127 cm³/mol. The van der Waals surface area contributed by atoms with E-state index >= 15 is 0 Å². The molecule has 3 N–H and O–H groups in total. The summed E-state index contributed by atoms with van der Waals surface area (Å²) in [7, 11) is 0. The van der Waals surface area contributed by atoms with E-state index in [2.05, 4.69) is 0 Å². The van der Waals surface area contributed by atoms with Crippen LogP contribution in [0.5, 0.6) is 11.5 Å². The van der Waals surface area contributed by atoms with Crippen molar-refractivity contribution >= 4 is 41.3 Å². The summed E-state index contributed by atoms with van der Waals surface area (Å²) in [5.74, 6) is -3.77. The van der Waals surface area contributed by atoms with E-state index in [9.17, 15) is 24.9 Å². The number of carboxylic acid groups (broad SMARTS) is 1. The van der Waals surface area contributed by atoms with Crippen molar-refractivity contribution in [2.45, 2.75) is 65.5 Å². The number of hydrogen-bond acceptors (Lipinski definition) is 6. The van der Waals surface area contributed by atoms with Crippen molar-refractivity contribution in [3.05, 3.63) is 59.2 Å². The number of aromatic hydroxyl groups is 1. The Kier molecular flexibility index (Phi) is 11.6. The molecule has 33 heavy (non-hydrogen) atoms. The number of carbonyl (C=O) groups excluding carboxylic acids is 1. The van der Waals surface area contributed by atoms with Gasteiger partial charge in [-0.05, 0) is 25.5 Å². The molecule has 0 spiro atoms. The first-order chi connectivity index (χ1) is 15.1. The number of aliphatic hydroxyl groups is 1. The minimum absolute atomic E-state index is 0. The van der Waals surface area contributed by atoms with Crippen molar-refractivity contribution in [3.63, 3.8) is 0 Å². The summed E-state index contributed by atoms with van der Waals surface area (Å²) >= 11 is 0. The number of phenolic OH excluding ortho intramolecular Hbond substituents is 1. The number of phenols is 1. The van der Waals surface area contributed by atoms with Gasteiger partial charge in [0.15, 0.2) is 11.6 Å². The van der Waals surface area contributed by atoms with Gasteiger partial charge in [0, 0.05) is 23.5 Å². The second-order valence-corrected chi connectivity index (χ2v) is 7.88. The Balaban J connectivity index is 0.00000544. The van der Waals surface area contributed by atoms with Gasteiger partial charge in [0.05, 0.1) is 12.0 Å². The fourth-order valence-electron chi connectivity index (χ4n) is 3.58. The zero-order chi connectivity index (χ0) is 23.9. The topological polar surface area (TPSA) is 113 Å². The molecule has 3 unspecified atom stereocenters. The van der Waals surface area contributed by atoms with Crippen LogP contribution in [0.1, 0.15) is 68.4 Å². The van der Waals surface area contributed by atoms with E-state index in [1.54, 1.807) is 50.2 Å². The standard InChI is InChI=1S/C25H32O7.Na.H/c1-5-10-20-21(14-13-19(17(4)26)24(20)29)31-23(6-2)32-25(30,16(3)15-22(27)28)18-11-8-7-9-12-18;;/h7-9,11-14,16,23,29-30H,5-6,10,15H2,1-4H3,(H,27,28);;. The molecule has 3 atom stereocenters. The third-order valence-electron chi connectivity index (χ3n) is 5.36. The Morgan fingerprint density at radius 1 is 1.09 bits per heavy atom. The minimum atomic E-state index is -1.91. The molecule has 0 bridgehead atoms. The van der Waals surface area contributed by atoms with Crippen molar-refractivity contribution in [2.75, 3.05) is 0 Å². The van der Waals surface area contributed by atoms with E-state index < -0.39 is 24.0 Å². The molecule has 2 aromatic carbocycles. The Hall–Kier alpha value is -1.90. The molecule has 176 valence electrons. The molecule has 0 saturated carbocycles. The summed E-state index contributed by atoms with van der Waals surface area (Å²) in [6.45, 7) is 6.73. The number of Topliss-reactive ketones (excluding diaryl/α,β-unsaturated/α-hetero) is 1. The van der Waals surface area contributed by atoms with Gasteiger partial charge < -0.3 is 24.8 Å². The maximum atomic E-state index is 11.8. The molecule has 0 heterocycles. The molecule has 2 rings (SSSR count). The van der Waals surface area contributed by atoms with Crippen LogP contribution in [0.4, 0.5) is 0 Å². The molecule has 0 aliphatic carbocycles. The number of aliphatic carboxylic acids is 1. The third kappa shape index (κ3) is 7.29. The summed E-state index contributed by atoms with van der Waals surface area (Å²) < 4.78 is 12.0. The fourth-order valence-corrected chi connectivity index (χ4v) is 3.58. The van der Waals surface area contributed by atoms with Crippen LogP contribution in [0.3, 0.4) is 0 Å². The number of ketones is 1. The van der Waals surface area contributed by atoms with Gasteiger partial charge in [0.25, 0.3) is 0 Å². The Morgan fingerprint density at radius 3 is 2.24 bits per heavy atom. The Bertz CT molecular complexity index is 932. The average Bonchev–Trinajstić information content (AvgIpc) is 2.75. The van der Waals surface area contributed by atoms with Crippen LogP contribution in [-0.4, -0.2) is 62.9 Å². The summed E-state index contributed by atoms with van der Waals surface area (Å²) in [6, 6.07) is 11.7. The number of benzene rings is 2. The van der Waals surface area contributed by atoms with Crippen molar-refractivity contribution in [1.82, 2.24) is 0 Å². The zero-order valence-electron chi connectivity index (χ0n) is 19.0. The SMILES string of the molecule is CCCc1c(OC(CC)OC(O)(c2ccccc2)C(C)CC(=O)O)ccc(C(C)=O)c1O.[NaH]. The molecule has 8 heteroatoms. The molecule has 2 aromatic rings. The molecular formula is C25H33NaO7. The van der Waals surface area contributed by atoms with Gasteiger partial charge >= 0.3 is 35.5 Å². The van der Waals surface area contributed by atoms with Crippen LogP contribution in [-0.2, 0) is 21.7 Å². The maximum absolute atomic E-state index is 11.8. The zero-order valence-corrected chi connectivity index (χ0v) is 19.0. The van der Waals surface area contributed by atoms with Gasteiger partial charge in [-0.1, -0.05) is 57.5 Å². The summed E-state index contributed by atoms with van der Waals surface area (Å²) in [4.78, 5) is 23.1. The molecule has 7 nitrogen and oxygen atoms in total. The molecule has 0 radical (unpaired) electrons. The molecule has 0 aliphatic heterocycles.